The molecular formula is C16H22N2O3S. The highest BCUT2D eigenvalue weighted by molar-refractivity contribution is 8.13. The van der Waals surface area contributed by atoms with Crippen molar-refractivity contribution in [3.8, 4) is 0 Å². The SMILES string of the molecule is CC1CC1c1ccc(CN(C)C(=O)CCN2CCSC2=O)o1. The van der Waals surface area contributed by atoms with E-state index in [9.17, 15) is 9.59 Å². The van der Waals surface area contributed by atoms with Gasteiger partial charge in [-0.15, -0.1) is 0 Å². The van der Waals surface area contributed by atoms with Gasteiger partial charge in [0.1, 0.15) is 11.5 Å². The molecule has 2 aliphatic rings. The number of carbonyl (C=O) groups excluding carboxylic acids is 2. The lowest BCUT2D eigenvalue weighted by Crippen LogP contribution is -2.32. The van der Waals surface area contributed by atoms with Gasteiger partial charge in [0.15, 0.2) is 0 Å². The third-order valence-corrected chi connectivity index (χ3v) is 5.31. The van der Waals surface area contributed by atoms with E-state index >= 15 is 0 Å². The summed E-state index contributed by atoms with van der Waals surface area (Å²) in [6, 6.07) is 3.99. The van der Waals surface area contributed by atoms with Gasteiger partial charge in [-0.1, -0.05) is 18.7 Å². The predicted octanol–water partition coefficient (Wildman–Crippen LogP) is 2.92. The first-order valence-corrected chi connectivity index (χ1v) is 8.77. The largest absolute Gasteiger partial charge is 0.464 e. The van der Waals surface area contributed by atoms with Gasteiger partial charge in [0.25, 0.3) is 5.24 Å². The molecule has 2 heterocycles. The van der Waals surface area contributed by atoms with Gasteiger partial charge >= 0.3 is 0 Å². The summed E-state index contributed by atoms with van der Waals surface area (Å²) in [4.78, 5) is 27.1. The van der Waals surface area contributed by atoms with Crippen LogP contribution in [0.1, 0.15) is 37.2 Å². The van der Waals surface area contributed by atoms with Crippen LogP contribution in [-0.4, -0.2) is 46.8 Å². The zero-order valence-corrected chi connectivity index (χ0v) is 13.9. The molecule has 120 valence electrons. The first-order valence-electron chi connectivity index (χ1n) is 7.79. The van der Waals surface area contributed by atoms with E-state index in [0.717, 1.165) is 23.8 Å². The fraction of sp³-hybridized carbons (Fsp3) is 0.625. The third-order valence-electron chi connectivity index (χ3n) is 4.42. The average molecular weight is 322 g/mol. The van der Waals surface area contributed by atoms with E-state index in [1.54, 1.807) is 16.8 Å². The zero-order chi connectivity index (χ0) is 15.7. The summed E-state index contributed by atoms with van der Waals surface area (Å²) in [5.74, 6) is 4.03. The van der Waals surface area contributed by atoms with E-state index in [-0.39, 0.29) is 11.1 Å². The lowest BCUT2D eigenvalue weighted by atomic mass is 10.3. The molecule has 3 rings (SSSR count). The standard InChI is InChI=1S/C16H22N2O3S/c1-11-9-13(11)14-4-3-12(21-14)10-17(2)15(19)5-6-18-7-8-22-16(18)20/h3-4,11,13H,5-10H2,1-2H3. The van der Waals surface area contributed by atoms with Crippen LogP contribution in [0, 0.1) is 5.92 Å². The Morgan fingerprint density at radius 3 is 2.91 bits per heavy atom. The van der Waals surface area contributed by atoms with Gasteiger partial charge in [0, 0.05) is 38.2 Å². The third kappa shape index (κ3) is 3.48. The van der Waals surface area contributed by atoms with Crippen LogP contribution >= 0.6 is 11.8 Å². The maximum Gasteiger partial charge on any atom is 0.281 e. The topological polar surface area (TPSA) is 53.8 Å². The lowest BCUT2D eigenvalue weighted by Gasteiger charge is -2.18. The molecule has 1 aromatic rings. The molecule has 2 fully saturated rings. The maximum absolute atomic E-state index is 12.2. The minimum atomic E-state index is 0.0439. The monoisotopic (exact) mass is 322 g/mol. The number of thioether (sulfide) groups is 1. The zero-order valence-electron chi connectivity index (χ0n) is 13.1. The molecule has 0 N–H and O–H groups in total. The van der Waals surface area contributed by atoms with Crippen molar-refractivity contribution in [2.45, 2.75) is 32.2 Å². The van der Waals surface area contributed by atoms with E-state index < -0.39 is 0 Å². The molecule has 0 aromatic carbocycles. The maximum atomic E-state index is 12.2. The summed E-state index contributed by atoms with van der Waals surface area (Å²) in [6.45, 7) is 3.97. The van der Waals surface area contributed by atoms with Gasteiger partial charge in [-0.2, -0.15) is 0 Å². The summed E-state index contributed by atoms with van der Waals surface area (Å²) >= 11 is 1.33. The highest BCUT2D eigenvalue weighted by Gasteiger charge is 2.36. The molecule has 22 heavy (non-hydrogen) atoms. The normalized spacial score (nSPS) is 23.9. The Bertz CT molecular complexity index is 571. The van der Waals surface area contributed by atoms with Crippen LogP contribution in [0.15, 0.2) is 16.5 Å². The minimum Gasteiger partial charge on any atom is -0.464 e. The van der Waals surface area contributed by atoms with Gasteiger partial charge < -0.3 is 14.2 Å². The van der Waals surface area contributed by atoms with Crippen molar-refractivity contribution in [3.05, 3.63) is 23.7 Å². The lowest BCUT2D eigenvalue weighted by molar-refractivity contribution is -0.130. The summed E-state index contributed by atoms with van der Waals surface area (Å²) in [5, 5.41) is 0.0877. The summed E-state index contributed by atoms with van der Waals surface area (Å²) < 4.78 is 5.83. The van der Waals surface area contributed by atoms with Crippen LogP contribution in [-0.2, 0) is 11.3 Å². The molecular weight excluding hydrogens is 300 g/mol. The van der Waals surface area contributed by atoms with Gasteiger partial charge in [-0.25, -0.2) is 0 Å². The number of nitrogens with zero attached hydrogens (tertiary/aromatic N) is 2. The van der Waals surface area contributed by atoms with Crippen molar-refractivity contribution in [2.24, 2.45) is 5.92 Å². The van der Waals surface area contributed by atoms with Crippen LogP contribution in [0.3, 0.4) is 0 Å². The number of carbonyl (C=O) groups is 2. The molecule has 1 aromatic heterocycles. The van der Waals surface area contributed by atoms with Gasteiger partial charge in [-0.3, -0.25) is 9.59 Å². The highest BCUT2D eigenvalue weighted by Crippen LogP contribution is 2.47. The average Bonchev–Trinajstić information content (AvgIpc) is 2.88. The van der Waals surface area contributed by atoms with Crippen LogP contribution in [0.2, 0.25) is 0 Å². The first kappa shape index (κ1) is 15.5. The quantitative estimate of drug-likeness (QED) is 0.808. The van der Waals surface area contributed by atoms with Crippen molar-refractivity contribution in [3.63, 3.8) is 0 Å². The Labute approximate surface area is 135 Å². The second-order valence-corrected chi connectivity index (χ2v) is 7.27. The van der Waals surface area contributed by atoms with Crippen LogP contribution < -0.4 is 0 Å². The molecule has 2 atom stereocenters. The molecule has 1 saturated carbocycles. The minimum absolute atomic E-state index is 0.0439. The summed E-state index contributed by atoms with van der Waals surface area (Å²) in [7, 11) is 1.78. The summed E-state index contributed by atoms with van der Waals surface area (Å²) in [5.41, 5.74) is 0. The van der Waals surface area contributed by atoms with E-state index in [0.29, 0.717) is 31.3 Å². The summed E-state index contributed by atoms with van der Waals surface area (Å²) in [6.07, 6.45) is 1.57. The fourth-order valence-electron chi connectivity index (χ4n) is 2.77. The first-order chi connectivity index (χ1) is 10.5. The molecule has 1 aliphatic carbocycles. The molecule has 6 heteroatoms. The molecule has 1 saturated heterocycles. The number of hydrogen-bond acceptors (Lipinski definition) is 4. The van der Waals surface area contributed by atoms with E-state index in [1.807, 2.05) is 12.1 Å². The van der Waals surface area contributed by atoms with Crippen molar-refractivity contribution < 1.29 is 14.0 Å². The van der Waals surface area contributed by atoms with Crippen molar-refractivity contribution in [1.82, 2.24) is 9.80 Å². The molecule has 2 amide bonds. The number of rotatable bonds is 6. The molecule has 2 unspecified atom stereocenters. The van der Waals surface area contributed by atoms with Crippen molar-refractivity contribution >= 4 is 22.9 Å². The van der Waals surface area contributed by atoms with E-state index in [2.05, 4.69) is 6.92 Å². The van der Waals surface area contributed by atoms with E-state index in [4.69, 9.17) is 4.42 Å². The number of hydrogen-bond donors (Lipinski definition) is 0. The molecule has 1 aliphatic heterocycles. The van der Waals surface area contributed by atoms with Crippen LogP contribution in [0.5, 0.6) is 0 Å². The molecule has 5 nitrogen and oxygen atoms in total. The van der Waals surface area contributed by atoms with Gasteiger partial charge in [-0.05, 0) is 24.5 Å². The van der Waals surface area contributed by atoms with Crippen LogP contribution in [0.25, 0.3) is 0 Å². The Kier molecular flexibility index (Phi) is 4.47. The molecule has 0 spiro atoms. The Hall–Kier alpha value is -1.43. The second kappa shape index (κ2) is 6.36. The van der Waals surface area contributed by atoms with E-state index in [1.165, 1.54) is 18.2 Å². The van der Waals surface area contributed by atoms with Crippen LogP contribution in [0.4, 0.5) is 4.79 Å². The predicted molar refractivity (Wildman–Crippen MR) is 85.7 cm³/mol. The Morgan fingerprint density at radius 2 is 2.27 bits per heavy atom. The Morgan fingerprint density at radius 1 is 1.50 bits per heavy atom. The van der Waals surface area contributed by atoms with Gasteiger partial charge in [0.2, 0.25) is 5.91 Å². The second-order valence-electron chi connectivity index (χ2n) is 6.22. The van der Waals surface area contributed by atoms with Crippen molar-refractivity contribution in [1.29, 1.82) is 0 Å². The number of furan rings is 1. The fourth-order valence-corrected chi connectivity index (χ4v) is 3.62. The molecule has 0 radical (unpaired) electrons. The van der Waals surface area contributed by atoms with Gasteiger partial charge in [0.05, 0.1) is 6.54 Å². The Balaban J connectivity index is 1.46. The highest BCUT2D eigenvalue weighted by atomic mass is 32.2. The number of amides is 2. The van der Waals surface area contributed by atoms with Crippen molar-refractivity contribution in [2.75, 3.05) is 25.9 Å². The molecule has 0 bridgehead atoms. The smallest absolute Gasteiger partial charge is 0.281 e.